The second kappa shape index (κ2) is 10.6. The maximum Gasteiger partial charge on any atom is 0.317 e. The molecule has 0 atom stereocenters. The van der Waals surface area contributed by atoms with Gasteiger partial charge in [-0.15, -0.1) is 11.3 Å². The highest BCUT2D eigenvalue weighted by Crippen LogP contribution is 2.22. The molecule has 4 nitrogen and oxygen atoms in total. The fourth-order valence-corrected chi connectivity index (χ4v) is 3.91. The molecule has 6 heteroatoms. The molecule has 0 aliphatic rings. The van der Waals surface area contributed by atoms with Crippen LogP contribution in [0.3, 0.4) is 0 Å². The van der Waals surface area contributed by atoms with Crippen molar-refractivity contribution in [3.8, 4) is 0 Å². The summed E-state index contributed by atoms with van der Waals surface area (Å²) in [5.41, 5.74) is 2.44. The summed E-state index contributed by atoms with van der Waals surface area (Å²) < 4.78 is 0.752. The number of benzene rings is 1. The van der Waals surface area contributed by atoms with Gasteiger partial charge in [-0.3, -0.25) is 4.90 Å². The summed E-state index contributed by atoms with van der Waals surface area (Å²) in [7, 11) is 0. The first-order valence-electron chi connectivity index (χ1n) is 9.13. The van der Waals surface area contributed by atoms with Gasteiger partial charge in [0.2, 0.25) is 0 Å². The van der Waals surface area contributed by atoms with Crippen molar-refractivity contribution < 1.29 is 4.79 Å². The molecule has 0 unspecified atom stereocenters. The minimum atomic E-state index is -0.0466. The number of carbonyl (C=O) groups excluding carboxylic acids is 1. The molecule has 1 N–H and O–H groups in total. The van der Waals surface area contributed by atoms with Crippen LogP contribution >= 0.6 is 22.9 Å². The van der Waals surface area contributed by atoms with Crippen LogP contribution < -0.4 is 5.32 Å². The van der Waals surface area contributed by atoms with Gasteiger partial charge >= 0.3 is 6.03 Å². The molecule has 0 saturated carbocycles. The number of halogens is 1. The highest BCUT2D eigenvalue weighted by atomic mass is 35.5. The van der Waals surface area contributed by atoms with Crippen LogP contribution in [0.2, 0.25) is 4.34 Å². The van der Waals surface area contributed by atoms with Gasteiger partial charge in [0.05, 0.1) is 10.9 Å². The summed E-state index contributed by atoms with van der Waals surface area (Å²) >= 11 is 7.50. The van der Waals surface area contributed by atoms with Crippen LogP contribution in [0, 0.1) is 0 Å². The number of carbonyl (C=O) groups is 1. The van der Waals surface area contributed by atoms with Gasteiger partial charge in [0.1, 0.15) is 0 Å². The van der Waals surface area contributed by atoms with Crippen molar-refractivity contribution in [1.82, 2.24) is 15.1 Å². The molecule has 0 spiro atoms. The van der Waals surface area contributed by atoms with E-state index in [0.717, 1.165) is 28.8 Å². The number of hydrogen-bond donors (Lipinski definition) is 1. The molecular weight excluding hydrogens is 366 g/mol. The molecule has 2 amide bonds. The van der Waals surface area contributed by atoms with Crippen molar-refractivity contribution in [3.63, 3.8) is 0 Å². The Hall–Kier alpha value is -1.56. The number of amides is 2. The predicted molar refractivity (Wildman–Crippen MR) is 111 cm³/mol. The summed E-state index contributed by atoms with van der Waals surface area (Å²) in [6, 6.07) is 12.1. The molecular formula is C20H28ClN3OS. The maximum absolute atomic E-state index is 12.6. The zero-order valence-electron chi connectivity index (χ0n) is 15.8. The van der Waals surface area contributed by atoms with Crippen molar-refractivity contribution in [2.24, 2.45) is 0 Å². The van der Waals surface area contributed by atoms with Gasteiger partial charge in [-0.25, -0.2) is 4.79 Å². The normalized spacial score (nSPS) is 11.0. The van der Waals surface area contributed by atoms with Crippen LogP contribution in [0.25, 0.3) is 0 Å². The number of nitrogens with zero attached hydrogens (tertiary/aromatic N) is 2. The number of urea groups is 1. The van der Waals surface area contributed by atoms with Gasteiger partial charge in [0.15, 0.2) is 0 Å². The van der Waals surface area contributed by atoms with Crippen LogP contribution in [0.15, 0.2) is 36.4 Å². The molecule has 1 aromatic heterocycles. The third kappa shape index (κ3) is 6.01. The standard InChI is InChI=1S/C20H28ClN3OS/c1-4-23(5-2)14-17-10-8-7-9-16(17)13-22-20(25)24(6-3)15-18-11-12-19(21)26-18/h7-12H,4-6,13-15H2,1-3H3,(H,22,25). The van der Waals surface area contributed by atoms with Crippen molar-refractivity contribution in [2.75, 3.05) is 19.6 Å². The van der Waals surface area contributed by atoms with E-state index in [2.05, 4.69) is 42.3 Å². The Morgan fingerprint density at radius 2 is 1.69 bits per heavy atom. The first kappa shape index (κ1) is 20.7. The summed E-state index contributed by atoms with van der Waals surface area (Å²) in [5.74, 6) is 0. The van der Waals surface area contributed by atoms with E-state index in [1.54, 1.807) is 4.90 Å². The van der Waals surface area contributed by atoms with Crippen LogP contribution in [0.5, 0.6) is 0 Å². The molecule has 1 aromatic carbocycles. The first-order valence-corrected chi connectivity index (χ1v) is 10.3. The Morgan fingerprint density at radius 1 is 1.00 bits per heavy atom. The lowest BCUT2D eigenvalue weighted by atomic mass is 10.1. The quantitative estimate of drug-likeness (QED) is 0.652. The predicted octanol–water partition coefficient (Wildman–Crippen LogP) is 4.98. The largest absolute Gasteiger partial charge is 0.334 e. The van der Waals surface area contributed by atoms with E-state index < -0.39 is 0 Å². The van der Waals surface area contributed by atoms with Gasteiger partial charge in [-0.1, -0.05) is 49.7 Å². The SMILES string of the molecule is CCN(CC)Cc1ccccc1CNC(=O)N(CC)Cc1ccc(Cl)s1. The van der Waals surface area contributed by atoms with E-state index >= 15 is 0 Å². The van der Waals surface area contributed by atoms with E-state index in [0.29, 0.717) is 19.6 Å². The molecule has 26 heavy (non-hydrogen) atoms. The molecule has 1 heterocycles. The van der Waals surface area contributed by atoms with Gasteiger partial charge < -0.3 is 10.2 Å². The van der Waals surface area contributed by atoms with E-state index in [-0.39, 0.29) is 6.03 Å². The molecule has 0 bridgehead atoms. The Kier molecular flexibility index (Phi) is 8.42. The summed E-state index contributed by atoms with van der Waals surface area (Å²) in [6.07, 6.45) is 0. The van der Waals surface area contributed by atoms with Crippen molar-refractivity contribution in [2.45, 2.75) is 40.4 Å². The average molecular weight is 394 g/mol. The van der Waals surface area contributed by atoms with Gasteiger partial charge in [0.25, 0.3) is 0 Å². The topological polar surface area (TPSA) is 35.6 Å². The molecule has 0 fully saturated rings. The summed E-state index contributed by atoms with van der Waals surface area (Å²) in [5, 5.41) is 3.07. The smallest absolute Gasteiger partial charge is 0.317 e. The lowest BCUT2D eigenvalue weighted by molar-refractivity contribution is 0.198. The Bertz CT molecular complexity index is 700. The Labute approximate surface area is 165 Å². The molecule has 0 aliphatic carbocycles. The van der Waals surface area contributed by atoms with E-state index in [1.807, 2.05) is 25.1 Å². The lowest BCUT2D eigenvalue weighted by Crippen LogP contribution is -2.39. The lowest BCUT2D eigenvalue weighted by Gasteiger charge is -2.22. The summed E-state index contributed by atoms with van der Waals surface area (Å²) in [6.45, 7) is 11.1. The molecule has 142 valence electrons. The number of hydrogen-bond acceptors (Lipinski definition) is 3. The fraction of sp³-hybridized carbons (Fsp3) is 0.450. The highest BCUT2D eigenvalue weighted by molar-refractivity contribution is 7.16. The fourth-order valence-electron chi connectivity index (χ4n) is 2.81. The molecule has 0 aliphatic heterocycles. The Morgan fingerprint density at radius 3 is 2.27 bits per heavy atom. The van der Waals surface area contributed by atoms with E-state index in [9.17, 15) is 4.79 Å². The van der Waals surface area contributed by atoms with Crippen molar-refractivity contribution >= 4 is 29.0 Å². The first-order chi connectivity index (χ1) is 12.6. The second-order valence-corrected chi connectivity index (χ2v) is 7.91. The highest BCUT2D eigenvalue weighted by Gasteiger charge is 2.14. The summed E-state index contributed by atoms with van der Waals surface area (Å²) in [4.78, 5) is 17.8. The van der Waals surface area contributed by atoms with Gasteiger partial charge in [-0.2, -0.15) is 0 Å². The van der Waals surface area contributed by atoms with Crippen molar-refractivity contribution in [1.29, 1.82) is 0 Å². The van der Waals surface area contributed by atoms with E-state index in [1.165, 1.54) is 22.5 Å². The van der Waals surface area contributed by atoms with E-state index in [4.69, 9.17) is 11.6 Å². The minimum absolute atomic E-state index is 0.0466. The zero-order valence-corrected chi connectivity index (χ0v) is 17.4. The van der Waals surface area contributed by atoms with Gasteiger partial charge in [0, 0.05) is 24.5 Å². The molecule has 0 radical (unpaired) electrons. The van der Waals surface area contributed by atoms with Crippen LogP contribution in [0.4, 0.5) is 4.79 Å². The van der Waals surface area contributed by atoms with Crippen molar-refractivity contribution in [3.05, 3.63) is 56.7 Å². The Balaban J connectivity index is 1.97. The van der Waals surface area contributed by atoms with Crippen LogP contribution in [-0.2, 0) is 19.6 Å². The monoisotopic (exact) mass is 393 g/mol. The second-order valence-electron chi connectivity index (χ2n) is 6.11. The number of thiophene rings is 1. The third-order valence-electron chi connectivity index (χ3n) is 4.48. The number of nitrogens with one attached hydrogen (secondary N) is 1. The molecule has 2 aromatic rings. The van der Waals surface area contributed by atoms with Crippen LogP contribution in [0.1, 0.15) is 36.8 Å². The maximum atomic E-state index is 12.6. The third-order valence-corrected chi connectivity index (χ3v) is 5.70. The van der Waals surface area contributed by atoms with Gasteiger partial charge in [-0.05, 0) is 43.3 Å². The minimum Gasteiger partial charge on any atom is -0.334 e. The van der Waals surface area contributed by atoms with Crippen LogP contribution in [-0.4, -0.2) is 35.5 Å². The molecule has 0 saturated heterocycles. The average Bonchev–Trinajstić information content (AvgIpc) is 3.07. The number of rotatable bonds is 9. The zero-order chi connectivity index (χ0) is 18.9. The molecule has 2 rings (SSSR count).